The van der Waals surface area contributed by atoms with E-state index in [9.17, 15) is 5.11 Å². The summed E-state index contributed by atoms with van der Waals surface area (Å²) in [5, 5.41) is 9.30. The lowest BCUT2D eigenvalue weighted by Gasteiger charge is -2.26. The molecule has 0 saturated heterocycles. The van der Waals surface area contributed by atoms with Crippen molar-refractivity contribution < 1.29 is 5.11 Å². The number of aliphatic hydroxyl groups is 1. The van der Waals surface area contributed by atoms with E-state index in [1.807, 2.05) is 0 Å². The maximum Gasteiger partial charge on any atom is 0.0540 e. The molecule has 0 bridgehead atoms. The summed E-state index contributed by atoms with van der Waals surface area (Å²) in [6.45, 7) is 0.857. The Morgan fingerprint density at radius 1 is 1.36 bits per heavy atom. The Hall–Kier alpha value is -0.0800. The van der Waals surface area contributed by atoms with Gasteiger partial charge in [0.2, 0.25) is 0 Å². The van der Waals surface area contributed by atoms with Crippen LogP contribution in [0.4, 0.5) is 0 Å². The van der Waals surface area contributed by atoms with E-state index in [2.05, 4.69) is 0 Å². The number of rotatable bonds is 1. The minimum Gasteiger partial charge on any atom is -0.393 e. The Bertz CT molecular complexity index is 150. The van der Waals surface area contributed by atoms with Gasteiger partial charge in [-0.1, -0.05) is 0 Å². The van der Waals surface area contributed by atoms with Crippen molar-refractivity contribution in [3.05, 3.63) is 0 Å². The topological polar surface area (TPSA) is 46.2 Å². The SMILES string of the molecule is NCC1CC12CCC(O)CC2. The molecule has 0 heterocycles. The van der Waals surface area contributed by atoms with Gasteiger partial charge in [-0.2, -0.15) is 0 Å². The molecule has 2 aliphatic carbocycles. The number of hydrogen-bond acceptors (Lipinski definition) is 2. The molecule has 0 aromatic rings. The van der Waals surface area contributed by atoms with Crippen LogP contribution in [0.5, 0.6) is 0 Å². The first kappa shape index (κ1) is 7.56. The molecule has 0 aromatic carbocycles. The van der Waals surface area contributed by atoms with Crippen molar-refractivity contribution >= 4 is 0 Å². The largest absolute Gasteiger partial charge is 0.393 e. The normalized spacial score (nSPS) is 49.6. The Kier molecular flexibility index (Phi) is 1.69. The molecular weight excluding hydrogens is 138 g/mol. The zero-order valence-electron chi connectivity index (χ0n) is 6.92. The van der Waals surface area contributed by atoms with Gasteiger partial charge in [-0.3, -0.25) is 0 Å². The van der Waals surface area contributed by atoms with E-state index >= 15 is 0 Å². The lowest BCUT2D eigenvalue weighted by Crippen LogP contribution is -2.22. The number of nitrogens with two attached hydrogens (primary N) is 1. The minimum absolute atomic E-state index is 0.0142. The lowest BCUT2D eigenvalue weighted by molar-refractivity contribution is 0.0974. The first-order chi connectivity index (χ1) is 5.27. The van der Waals surface area contributed by atoms with Gasteiger partial charge in [0.15, 0.2) is 0 Å². The third-order valence-corrected chi connectivity index (χ3v) is 3.59. The monoisotopic (exact) mass is 155 g/mol. The summed E-state index contributed by atoms with van der Waals surface area (Å²) in [4.78, 5) is 0. The maximum absolute atomic E-state index is 9.30. The van der Waals surface area contributed by atoms with Gasteiger partial charge in [-0.05, 0) is 50.0 Å². The summed E-state index contributed by atoms with van der Waals surface area (Å²) in [6.07, 6.45) is 5.77. The summed E-state index contributed by atoms with van der Waals surface area (Å²) in [6, 6.07) is 0. The molecule has 2 rings (SSSR count). The Balaban J connectivity index is 1.89. The van der Waals surface area contributed by atoms with Crippen molar-refractivity contribution in [1.82, 2.24) is 0 Å². The molecule has 11 heavy (non-hydrogen) atoms. The van der Waals surface area contributed by atoms with Crippen LogP contribution in [-0.4, -0.2) is 17.8 Å². The highest BCUT2D eigenvalue weighted by Crippen LogP contribution is 2.60. The van der Waals surface area contributed by atoms with Crippen LogP contribution in [0.15, 0.2) is 0 Å². The van der Waals surface area contributed by atoms with E-state index < -0.39 is 0 Å². The minimum atomic E-state index is -0.0142. The van der Waals surface area contributed by atoms with Gasteiger partial charge in [-0.25, -0.2) is 0 Å². The first-order valence-corrected chi connectivity index (χ1v) is 4.65. The van der Waals surface area contributed by atoms with Crippen LogP contribution in [0.25, 0.3) is 0 Å². The zero-order valence-corrected chi connectivity index (χ0v) is 6.92. The summed E-state index contributed by atoms with van der Waals surface area (Å²) in [5.41, 5.74) is 6.20. The molecule has 0 radical (unpaired) electrons. The molecule has 2 fully saturated rings. The van der Waals surface area contributed by atoms with Gasteiger partial charge in [0.1, 0.15) is 0 Å². The second-order valence-corrected chi connectivity index (χ2v) is 4.23. The average molecular weight is 155 g/mol. The molecule has 0 aromatic heterocycles. The highest BCUT2D eigenvalue weighted by atomic mass is 16.3. The zero-order chi connectivity index (χ0) is 7.90. The highest BCUT2D eigenvalue weighted by molar-refractivity contribution is 5.04. The first-order valence-electron chi connectivity index (χ1n) is 4.65. The second kappa shape index (κ2) is 2.46. The van der Waals surface area contributed by atoms with E-state index in [0.29, 0.717) is 5.41 Å². The molecule has 1 atom stereocenters. The number of aliphatic hydroxyl groups excluding tert-OH is 1. The van der Waals surface area contributed by atoms with E-state index in [1.165, 1.54) is 19.3 Å². The number of hydrogen-bond donors (Lipinski definition) is 2. The molecule has 64 valence electrons. The van der Waals surface area contributed by atoms with Crippen molar-refractivity contribution in [3.63, 3.8) is 0 Å². The molecule has 2 saturated carbocycles. The van der Waals surface area contributed by atoms with E-state index in [-0.39, 0.29) is 6.10 Å². The molecule has 0 amide bonds. The van der Waals surface area contributed by atoms with Crippen LogP contribution < -0.4 is 5.73 Å². The molecule has 1 spiro atoms. The molecule has 3 N–H and O–H groups in total. The van der Waals surface area contributed by atoms with E-state index in [4.69, 9.17) is 5.73 Å². The average Bonchev–Trinajstić information content (AvgIpc) is 2.71. The quantitative estimate of drug-likeness (QED) is 0.590. The van der Waals surface area contributed by atoms with Crippen molar-refractivity contribution in [3.8, 4) is 0 Å². The van der Waals surface area contributed by atoms with Crippen LogP contribution in [0.2, 0.25) is 0 Å². The van der Waals surface area contributed by atoms with Gasteiger partial charge < -0.3 is 10.8 Å². The van der Waals surface area contributed by atoms with Crippen LogP contribution >= 0.6 is 0 Å². The molecule has 2 heteroatoms. The Labute approximate surface area is 67.8 Å². The van der Waals surface area contributed by atoms with Crippen LogP contribution in [-0.2, 0) is 0 Å². The second-order valence-electron chi connectivity index (χ2n) is 4.23. The molecule has 1 unspecified atom stereocenters. The van der Waals surface area contributed by atoms with Gasteiger partial charge in [0, 0.05) is 0 Å². The molecule has 2 aliphatic rings. The van der Waals surface area contributed by atoms with Crippen LogP contribution in [0, 0.1) is 11.3 Å². The third-order valence-electron chi connectivity index (χ3n) is 3.59. The fraction of sp³-hybridized carbons (Fsp3) is 1.00. The van der Waals surface area contributed by atoms with E-state index in [0.717, 1.165) is 25.3 Å². The van der Waals surface area contributed by atoms with Crippen molar-refractivity contribution in [2.24, 2.45) is 17.1 Å². The van der Waals surface area contributed by atoms with Crippen LogP contribution in [0.1, 0.15) is 32.1 Å². The van der Waals surface area contributed by atoms with Gasteiger partial charge in [0.25, 0.3) is 0 Å². The summed E-state index contributed by atoms with van der Waals surface area (Å²) < 4.78 is 0. The van der Waals surface area contributed by atoms with Gasteiger partial charge in [-0.15, -0.1) is 0 Å². The van der Waals surface area contributed by atoms with Gasteiger partial charge in [0.05, 0.1) is 6.10 Å². The lowest BCUT2D eigenvalue weighted by atomic mass is 9.83. The van der Waals surface area contributed by atoms with E-state index in [1.54, 1.807) is 0 Å². The van der Waals surface area contributed by atoms with Crippen molar-refractivity contribution in [2.75, 3.05) is 6.54 Å². The third kappa shape index (κ3) is 1.18. The summed E-state index contributed by atoms with van der Waals surface area (Å²) in [7, 11) is 0. The molecular formula is C9H17NO. The Morgan fingerprint density at radius 3 is 2.45 bits per heavy atom. The van der Waals surface area contributed by atoms with Crippen molar-refractivity contribution in [1.29, 1.82) is 0 Å². The van der Waals surface area contributed by atoms with Crippen LogP contribution in [0.3, 0.4) is 0 Å². The Morgan fingerprint density at radius 2 is 2.00 bits per heavy atom. The smallest absolute Gasteiger partial charge is 0.0540 e. The predicted octanol–water partition coefficient (Wildman–Crippen LogP) is 0.886. The van der Waals surface area contributed by atoms with Gasteiger partial charge >= 0.3 is 0 Å². The van der Waals surface area contributed by atoms with Crippen molar-refractivity contribution in [2.45, 2.75) is 38.2 Å². The maximum atomic E-state index is 9.30. The summed E-state index contributed by atoms with van der Waals surface area (Å²) in [5.74, 6) is 0.787. The molecule has 2 nitrogen and oxygen atoms in total. The standard InChI is InChI=1S/C9H17NO/c10-6-7-5-9(7)3-1-8(11)2-4-9/h7-8,11H,1-6,10H2. The summed E-state index contributed by atoms with van der Waals surface area (Å²) >= 11 is 0. The fourth-order valence-electron chi connectivity index (χ4n) is 2.55. The molecule has 0 aliphatic heterocycles. The predicted molar refractivity (Wildman–Crippen MR) is 44.1 cm³/mol. The fourth-order valence-corrected chi connectivity index (χ4v) is 2.55. The highest BCUT2D eigenvalue weighted by Gasteiger charge is 2.53.